The van der Waals surface area contributed by atoms with Gasteiger partial charge < -0.3 is 20.1 Å². The number of rotatable bonds is 3. The molecule has 6 nitrogen and oxygen atoms in total. The van der Waals surface area contributed by atoms with Gasteiger partial charge in [-0.25, -0.2) is 4.79 Å². The highest BCUT2D eigenvalue weighted by Gasteiger charge is 2.58. The van der Waals surface area contributed by atoms with E-state index < -0.39 is 6.09 Å². The molecule has 2 atom stereocenters. The van der Waals surface area contributed by atoms with E-state index in [9.17, 15) is 14.7 Å². The van der Waals surface area contributed by atoms with Crippen LogP contribution in [-0.2, 0) is 14.9 Å². The van der Waals surface area contributed by atoms with Crippen LogP contribution in [0, 0.1) is 17.8 Å². The second-order valence-electron chi connectivity index (χ2n) is 9.66. The fraction of sp³-hybridized carbons (Fsp3) is 0.636. The van der Waals surface area contributed by atoms with Crippen LogP contribution in [0.15, 0.2) is 18.2 Å². The number of amides is 2. The third-order valence-corrected chi connectivity index (χ3v) is 6.69. The molecule has 4 rings (SSSR count). The highest BCUT2D eigenvalue weighted by molar-refractivity contribution is 5.81. The number of carbonyl (C=O) groups excluding carboxylic acids is 2. The number of benzene rings is 1. The Hall–Kier alpha value is -2.24. The van der Waals surface area contributed by atoms with Crippen molar-refractivity contribution >= 4 is 12.0 Å². The Labute approximate surface area is 166 Å². The quantitative estimate of drug-likeness (QED) is 0.837. The molecule has 2 N–H and O–H groups in total. The monoisotopic (exact) mass is 386 g/mol. The first-order valence-corrected chi connectivity index (χ1v) is 10.1. The van der Waals surface area contributed by atoms with Crippen LogP contribution >= 0.6 is 0 Å². The van der Waals surface area contributed by atoms with Gasteiger partial charge in [0.2, 0.25) is 5.91 Å². The Morgan fingerprint density at radius 1 is 1.14 bits per heavy atom. The predicted octanol–water partition coefficient (Wildman–Crippen LogP) is 3.00. The van der Waals surface area contributed by atoms with Gasteiger partial charge in [-0.3, -0.25) is 4.79 Å². The third-order valence-electron chi connectivity index (χ3n) is 6.69. The summed E-state index contributed by atoms with van der Waals surface area (Å²) >= 11 is 0. The minimum absolute atomic E-state index is 0.00150. The molecule has 1 saturated heterocycles. The van der Waals surface area contributed by atoms with Crippen LogP contribution in [0.3, 0.4) is 0 Å². The average Bonchev–Trinajstić information content (AvgIpc) is 3.09. The zero-order valence-electron chi connectivity index (χ0n) is 17.1. The molecule has 2 amide bonds. The molecule has 3 fully saturated rings. The first kappa shape index (κ1) is 19.1. The van der Waals surface area contributed by atoms with Crippen LogP contribution in [0.5, 0.6) is 5.75 Å². The molecule has 0 aromatic heterocycles. The van der Waals surface area contributed by atoms with Crippen molar-refractivity contribution in [3.8, 4) is 5.75 Å². The number of nitrogens with one attached hydrogen (secondary N) is 1. The van der Waals surface area contributed by atoms with Crippen molar-refractivity contribution in [2.45, 2.75) is 51.0 Å². The number of hydrogen-bond acceptors (Lipinski definition) is 4. The van der Waals surface area contributed by atoms with Crippen LogP contribution in [0.1, 0.15) is 50.7 Å². The molecule has 6 heteroatoms. The number of methoxy groups -OCH3 is 1. The lowest BCUT2D eigenvalue weighted by Crippen LogP contribution is -2.50. The van der Waals surface area contributed by atoms with Gasteiger partial charge in [-0.05, 0) is 59.3 Å². The lowest BCUT2D eigenvalue weighted by atomic mass is 9.79. The van der Waals surface area contributed by atoms with E-state index in [-0.39, 0.29) is 23.3 Å². The number of phenols is 1. The number of piperidine rings is 1. The minimum atomic E-state index is -0.429. The Morgan fingerprint density at radius 2 is 1.79 bits per heavy atom. The summed E-state index contributed by atoms with van der Waals surface area (Å²) in [6.45, 7) is 8.07. The minimum Gasteiger partial charge on any atom is -0.508 e. The maximum atomic E-state index is 12.7. The zero-order valence-corrected chi connectivity index (χ0v) is 17.1. The van der Waals surface area contributed by atoms with Crippen LogP contribution in [-0.4, -0.2) is 48.2 Å². The smallest absolute Gasteiger partial charge is 0.407 e. The second kappa shape index (κ2) is 6.68. The summed E-state index contributed by atoms with van der Waals surface area (Å²) in [7, 11) is 1.35. The number of hydrogen-bond donors (Lipinski definition) is 2. The fourth-order valence-corrected chi connectivity index (χ4v) is 4.88. The highest BCUT2D eigenvalue weighted by Crippen LogP contribution is 2.59. The van der Waals surface area contributed by atoms with Gasteiger partial charge >= 0.3 is 6.09 Å². The SMILES string of the molecule is COC(=O)NC1CC(C(=O)N2CC3C(C2)C3c2cc(O)cc(C(C)(C)C)c2)C1. The van der Waals surface area contributed by atoms with Crippen molar-refractivity contribution < 1.29 is 19.4 Å². The first-order chi connectivity index (χ1) is 13.2. The number of alkyl carbamates (subject to hydrolysis) is 1. The Morgan fingerprint density at radius 3 is 2.36 bits per heavy atom. The Balaban J connectivity index is 1.32. The maximum absolute atomic E-state index is 12.7. The molecular formula is C22H30N2O4. The van der Waals surface area contributed by atoms with Crippen molar-refractivity contribution in [2.75, 3.05) is 20.2 Å². The van der Waals surface area contributed by atoms with Gasteiger partial charge in [-0.2, -0.15) is 0 Å². The number of aromatic hydroxyl groups is 1. The van der Waals surface area contributed by atoms with Gasteiger partial charge in [0, 0.05) is 25.0 Å². The number of fused-ring (bicyclic) bond motifs is 1. The summed E-state index contributed by atoms with van der Waals surface area (Å²) in [5, 5.41) is 12.9. The number of ether oxygens (including phenoxy) is 1. The van der Waals surface area contributed by atoms with Gasteiger partial charge in [0.05, 0.1) is 7.11 Å². The summed E-state index contributed by atoms with van der Waals surface area (Å²) in [5.74, 6) is 2.03. The van der Waals surface area contributed by atoms with Crippen LogP contribution in [0.25, 0.3) is 0 Å². The number of carbonyl (C=O) groups is 2. The molecule has 2 unspecified atom stereocenters. The molecule has 1 aromatic carbocycles. The van der Waals surface area contributed by atoms with E-state index in [1.165, 1.54) is 12.7 Å². The molecule has 152 valence electrons. The van der Waals surface area contributed by atoms with Gasteiger partial charge in [0.15, 0.2) is 0 Å². The van der Waals surface area contributed by atoms with Crippen LogP contribution < -0.4 is 5.32 Å². The van der Waals surface area contributed by atoms with Gasteiger partial charge in [-0.1, -0.05) is 26.8 Å². The lowest BCUT2D eigenvalue weighted by Gasteiger charge is -2.37. The third kappa shape index (κ3) is 3.45. The summed E-state index contributed by atoms with van der Waals surface area (Å²) < 4.78 is 4.60. The van der Waals surface area contributed by atoms with E-state index in [4.69, 9.17) is 0 Å². The van der Waals surface area contributed by atoms with Crippen molar-refractivity contribution in [3.63, 3.8) is 0 Å². The Kier molecular flexibility index (Phi) is 4.55. The molecule has 1 heterocycles. The standard InChI is InChI=1S/C22H30N2O4/c1-22(2,3)14-5-12(8-16(25)9-14)19-17-10-24(11-18(17)19)20(26)13-6-15(7-13)23-21(27)28-4/h5,8-9,13,15,17-19,25H,6-7,10-11H2,1-4H3,(H,23,27). The van der Waals surface area contributed by atoms with Crippen molar-refractivity contribution in [3.05, 3.63) is 29.3 Å². The normalized spacial score (nSPS) is 31.0. The van der Waals surface area contributed by atoms with Gasteiger partial charge in [-0.15, -0.1) is 0 Å². The fourth-order valence-electron chi connectivity index (χ4n) is 4.88. The van der Waals surface area contributed by atoms with E-state index in [0.29, 0.717) is 36.3 Å². The summed E-state index contributed by atoms with van der Waals surface area (Å²) in [4.78, 5) is 25.9. The van der Waals surface area contributed by atoms with E-state index in [2.05, 4.69) is 36.9 Å². The van der Waals surface area contributed by atoms with Gasteiger partial charge in [0.1, 0.15) is 5.75 Å². The molecule has 28 heavy (non-hydrogen) atoms. The summed E-state index contributed by atoms with van der Waals surface area (Å²) in [5.41, 5.74) is 2.36. The molecule has 3 aliphatic rings. The zero-order chi connectivity index (χ0) is 20.2. The lowest BCUT2D eigenvalue weighted by molar-refractivity contribution is -0.138. The molecule has 2 aliphatic carbocycles. The second-order valence-corrected chi connectivity index (χ2v) is 9.66. The van der Waals surface area contributed by atoms with E-state index >= 15 is 0 Å². The van der Waals surface area contributed by atoms with E-state index in [0.717, 1.165) is 18.7 Å². The topological polar surface area (TPSA) is 78.9 Å². The molecule has 1 aliphatic heterocycles. The van der Waals surface area contributed by atoms with Crippen molar-refractivity contribution in [2.24, 2.45) is 17.8 Å². The largest absolute Gasteiger partial charge is 0.508 e. The molecule has 1 aromatic rings. The molecule has 0 spiro atoms. The Bertz CT molecular complexity index is 782. The maximum Gasteiger partial charge on any atom is 0.407 e. The number of phenolic OH excluding ortho intramolecular Hbond substituents is 1. The highest BCUT2D eigenvalue weighted by atomic mass is 16.5. The van der Waals surface area contributed by atoms with Crippen molar-refractivity contribution in [1.29, 1.82) is 0 Å². The van der Waals surface area contributed by atoms with E-state index in [1.54, 1.807) is 0 Å². The van der Waals surface area contributed by atoms with Gasteiger partial charge in [0.25, 0.3) is 0 Å². The van der Waals surface area contributed by atoms with E-state index in [1.807, 2.05) is 17.0 Å². The first-order valence-electron chi connectivity index (χ1n) is 10.1. The van der Waals surface area contributed by atoms with Crippen LogP contribution in [0.2, 0.25) is 0 Å². The predicted molar refractivity (Wildman–Crippen MR) is 105 cm³/mol. The molecular weight excluding hydrogens is 356 g/mol. The molecule has 2 saturated carbocycles. The summed E-state index contributed by atoms with van der Waals surface area (Å²) in [6.07, 6.45) is 0.969. The van der Waals surface area contributed by atoms with Crippen molar-refractivity contribution in [1.82, 2.24) is 10.2 Å². The number of likely N-dealkylation sites (tertiary alicyclic amines) is 1. The molecule has 0 bridgehead atoms. The number of nitrogens with zero attached hydrogens (tertiary/aromatic N) is 1. The molecule has 0 radical (unpaired) electrons. The average molecular weight is 386 g/mol. The van der Waals surface area contributed by atoms with Crippen LogP contribution in [0.4, 0.5) is 4.79 Å². The summed E-state index contributed by atoms with van der Waals surface area (Å²) in [6, 6.07) is 6.02.